The smallest absolute Gasteiger partial charge is 0.307 e. The van der Waals surface area contributed by atoms with Crippen molar-refractivity contribution in [2.24, 2.45) is 0 Å². The Morgan fingerprint density at radius 3 is 2.75 bits per heavy atom. The molecule has 1 fully saturated rings. The number of carbonyl (C=O) groups excluding carboxylic acids is 1. The first-order chi connectivity index (χ1) is 7.52. The second kappa shape index (κ2) is 3.90. The first-order valence-corrected chi connectivity index (χ1v) is 6.12. The third-order valence-corrected chi connectivity index (χ3v) is 3.81. The van der Waals surface area contributed by atoms with Gasteiger partial charge in [0.15, 0.2) is 0 Å². The normalized spacial score (nSPS) is 20.8. The average molecular weight is 237 g/mol. The van der Waals surface area contributed by atoms with Gasteiger partial charge < -0.3 is 4.90 Å². The van der Waals surface area contributed by atoms with E-state index in [1.807, 2.05) is 32.2 Å². The van der Waals surface area contributed by atoms with E-state index >= 15 is 0 Å². The van der Waals surface area contributed by atoms with Gasteiger partial charge in [0.25, 0.3) is 0 Å². The molecule has 1 saturated heterocycles. The summed E-state index contributed by atoms with van der Waals surface area (Å²) in [5.41, 5.74) is 1.14. The fourth-order valence-electron chi connectivity index (χ4n) is 1.96. The zero-order valence-electron chi connectivity index (χ0n) is 9.57. The Bertz CT molecular complexity index is 438. The van der Waals surface area contributed by atoms with Crippen molar-refractivity contribution in [2.75, 3.05) is 0 Å². The van der Waals surface area contributed by atoms with Gasteiger partial charge >= 0.3 is 6.03 Å². The Labute approximate surface area is 98.8 Å². The maximum atomic E-state index is 11.7. The van der Waals surface area contributed by atoms with Gasteiger partial charge in [0.1, 0.15) is 11.9 Å². The summed E-state index contributed by atoms with van der Waals surface area (Å²) in [5, 5.41) is 12.5. The molecular formula is C11H15N3OS. The van der Waals surface area contributed by atoms with Crippen LogP contribution in [0, 0.1) is 12.3 Å². The van der Waals surface area contributed by atoms with Crippen molar-refractivity contribution < 1.29 is 4.79 Å². The fraction of sp³-hybridized carbons (Fsp3) is 0.455. The summed E-state index contributed by atoms with van der Waals surface area (Å²) in [4.78, 5) is 14.5. The van der Waals surface area contributed by atoms with Crippen molar-refractivity contribution in [3.63, 3.8) is 0 Å². The number of amides is 2. The minimum Gasteiger partial charge on any atom is -0.307 e. The lowest BCUT2D eigenvalue weighted by atomic mass is 10.1. The van der Waals surface area contributed by atoms with Crippen LogP contribution in [0.1, 0.15) is 30.3 Å². The molecule has 2 N–H and O–H groups in total. The fourth-order valence-corrected chi connectivity index (χ4v) is 2.99. The van der Waals surface area contributed by atoms with E-state index in [1.54, 1.807) is 16.2 Å². The quantitative estimate of drug-likeness (QED) is 0.815. The van der Waals surface area contributed by atoms with Gasteiger partial charge in [-0.25, -0.2) is 4.79 Å². The van der Waals surface area contributed by atoms with Gasteiger partial charge in [0.05, 0.1) is 0 Å². The number of carbonyl (C=O) groups is 1. The summed E-state index contributed by atoms with van der Waals surface area (Å²) in [5.74, 6) is 0.282. The molecule has 4 nitrogen and oxygen atoms in total. The first kappa shape index (κ1) is 11.1. The predicted octanol–water partition coefficient (Wildman–Crippen LogP) is 2.51. The minimum atomic E-state index is -0.229. The van der Waals surface area contributed by atoms with Crippen LogP contribution in [-0.2, 0) is 0 Å². The number of thiophene rings is 1. The summed E-state index contributed by atoms with van der Waals surface area (Å²) < 4.78 is 0. The van der Waals surface area contributed by atoms with Crippen LogP contribution in [0.4, 0.5) is 4.79 Å². The molecule has 16 heavy (non-hydrogen) atoms. The number of nitrogens with one attached hydrogen (secondary N) is 2. The zero-order chi connectivity index (χ0) is 11.9. The molecule has 0 bridgehead atoms. The molecule has 1 unspecified atom stereocenters. The number of nitrogens with zero attached hydrogens (tertiary/aromatic N) is 1. The van der Waals surface area contributed by atoms with Gasteiger partial charge in [-0.05, 0) is 37.8 Å². The average Bonchev–Trinajstić information content (AvgIpc) is 2.69. The lowest BCUT2D eigenvalue weighted by Gasteiger charge is -2.26. The summed E-state index contributed by atoms with van der Waals surface area (Å²) in [7, 11) is 0. The Balaban J connectivity index is 2.42. The monoisotopic (exact) mass is 237 g/mol. The highest BCUT2D eigenvalue weighted by Crippen LogP contribution is 2.33. The molecule has 1 aromatic rings. The number of urea groups is 1. The minimum absolute atomic E-state index is 0.0920. The van der Waals surface area contributed by atoms with E-state index in [1.165, 1.54) is 0 Å². The van der Waals surface area contributed by atoms with E-state index in [2.05, 4.69) is 5.32 Å². The highest BCUT2D eigenvalue weighted by atomic mass is 32.1. The van der Waals surface area contributed by atoms with Crippen LogP contribution in [0.15, 0.2) is 11.4 Å². The van der Waals surface area contributed by atoms with Crippen molar-refractivity contribution in [2.45, 2.75) is 32.9 Å². The summed E-state index contributed by atoms with van der Waals surface area (Å²) >= 11 is 1.60. The molecule has 2 heterocycles. The van der Waals surface area contributed by atoms with Crippen LogP contribution < -0.4 is 5.32 Å². The van der Waals surface area contributed by atoms with Gasteiger partial charge in [-0.1, -0.05) is 0 Å². The third kappa shape index (κ3) is 1.61. The lowest BCUT2D eigenvalue weighted by molar-refractivity contribution is 0.191. The predicted molar refractivity (Wildman–Crippen MR) is 65.0 cm³/mol. The highest BCUT2D eigenvalue weighted by molar-refractivity contribution is 7.10. The largest absolute Gasteiger partial charge is 0.323 e. The topological polar surface area (TPSA) is 56.2 Å². The van der Waals surface area contributed by atoms with Crippen LogP contribution in [0.3, 0.4) is 0 Å². The van der Waals surface area contributed by atoms with Crippen molar-refractivity contribution in [3.05, 3.63) is 21.9 Å². The van der Waals surface area contributed by atoms with Crippen LogP contribution in [-0.4, -0.2) is 22.8 Å². The summed E-state index contributed by atoms with van der Waals surface area (Å²) in [6.45, 7) is 5.95. The molecule has 1 aliphatic heterocycles. The number of amidine groups is 1. The second-order valence-electron chi connectivity index (χ2n) is 4.22. The summed E-state index contributed by atoms with van der Waals surface area (Å²) in [6.07, 6.45) is 0. The maximum absolute atomic E-state index is 11.7. The van der Waals surface area contributed by atoms with Crippen molar-refractivity contribution >= 4 is 23.2 Å². The molecule has 86 valence electrons. The van der Waals surface area contributed by atoms with E-state index < -0.39 is 0 Å². The van der Waals surface area contributed by atoms with Gasteiger partial charge in [-0.15, -0.1) is 11.3 Å². The van der Waals surface area contributed by atoms with Crippen molar-refractivity contribution in [1.29, 1.82) is 5.41 Å². The van der Waals surface area contributed by atoms with Crippen LogP contribution >= 0.6 is 11.3 Å². The SMILES string of the molecule is Cc1ccsc1C1C(=N)NC(=O)N1C(C)C. The number of aryl methyl sites for hydroxylation is 1. The Kier molecular flexibility index (Phi) is 2.71. The molecule has 2 rings (SSSR count). The number of hydrogen-bond donors (Lipinski definition) is 2. The highest BCUT2D eigenvalue weighted by Gasteiger charge is 2.39. The van der Waals surface area contributed by atoms with E-state index in [0.717, 1.165) is 10.4 Å². The van der Waals surface area contributed by atoms with Crippen molar-refractivity contribution in [3.8, 4) is 0 Å². The van der Waals surface area contributed by atoms with Crippen LogP contribution in [0.2, 0.25) is 0 Å². The third-order valence-electron chi connectivity index (χ3n) is 2.73. The molecule has 0 aromatic carbocycles. The van der Waals surface area contributed by atoms with Gasteiger partial charge in [-0.3, -0.25) is 10.7 Å². The molecular weight excluding hydrogens is 222 g/mol. The van der Waals surface area contributed by atoms with Gasteiger partial charge in [-0.2, -0.15) is 0 Å². The van der Waals surface area contributed by atoms with Crippen molar-refractivity contribution in [1.82, 2.24) is 10.2 Å². The van der Waals surface area contributed by atoms with Crippen LogP contribution in [0.5, 0.6) is 0 Å². The van der Waals surface area contributed by atoms with E-state index in [-0.39, 0.29) is 24.0 Å². The molecule has 1 atom stereocenters. The Hall–Kier alpha value is -1.36. The Morgan fingerprint density at radius 2 is 2.25 bits per heavy atom. The summed E-state index contributed by atoms with van der Waals surface area (Å²) in [6, 6.07) is 1.72. The lowest BCUT2D eigenvalue weighted by Crippen LogP contribution is -2.35. The number of hydrogen-bond acceptors (Lipinski definition) is 3. The van der Waals surface area contributed by atoms with E-state index in [4.69, 9.17) is 5.41 Å². The number of rotatable bonds is 2. The molecule has 0 radical (unpaired) electrons. The van der Waals surface area contributed by atoms with Gasteiger partial charge in [0, 0.05) is 10.9 Å². The van der Waals surface area contributed by atoms with Crippen LogP contribution in [0.25, 0.3) is 0 Å². The first-order valence-electron chi connectivity index (χ1n) is 5.24. The molecule has 2 amide bonds. The molecule has 0 aliphatic carbocycles. The Morgan fingerprint density at radius 1 is 1.56 bits per heavy atom. The molecule has 5 heteroatoms. The van der Waals surface area contributed by atoms with E-state index in [0.29, 0.717) is 0 Å². The molecule has 1 aliphatic rings. The second-order valence-corrected chi connectivity index (χ2v) is 5.16. The van der Waals surface area contributed by atoms with Gasteiger partial charge in [0.2, 0.25) is 0 Å². The molecule has 1 aromatic heterocycles. The van der Waals surface area contributed by atoms with E-state index in [9.17, 15) is 4.79 Å². The molecule has 0 spiro atoms. The standard InChI is InChI=1S/C11H15N3OS/c1-6(2)14-8(10(12)13-11(14)15)9-7(3)4-5-16-9/h4-6,8H,1-3H3,(H2,12,13,15). The maximum Gasteiger partial charge on any atom is 0.323 e. The zero-order valence-corrected chi connectivity index (χ0v) is 10.4. The molecule has 0 saturated carbocycles.